The molecule has 1 amide bonds. The van der Waals surface area contributed by atoms with E-state index in [-0.39, 0.29) is 12.3 Å². The Hall–Kier alpha value is -3.16. The van der Waals surface area contributed by atoms with Gasteiger partial charge in [0.25, 0.3) is 0 Å². The number of aromatic nitrogens is 3. The van der Waals surface area contributed by atoms with E-state index in [1.807, 2.05) is 48.2 Å². The zero-order valence-corrected chi connectivity index (χ0v) is 15.3. The highest BCUT2D eigenvalue weighted by Gasteiger charge is 2.23. The first kappa shape index (κ1) is 17.3. The van der Waals surface area contributed by atoms with Gasteiger partial charge in [0.05, 0.1) is 6.42 Å². The highest BCUT2D eigenvalue weighted by atomic mass is 16.5. The van der Waals surface area contributed by atoms with E-state index in [1.54, 1.807) is 0 Å². The number of nitrogens with one attached hydrogen (secondary N) is 1. The largest absolute Gasteiger partial charge is 0.369 e. The highest BCUT2D eigenvalue weighted by Crippen LogP contribution is 2.19. The summed E-state index contributed by atoms with van der Waals surface area (Å²) in [6.07, 6.45) is 0.258. The van der Waals surface area contributed by atoms with Crippen LogP contribution >= 0.6 is 0 Å². The Morgan fingerprint density at radius 3 is 2.67 bits per heavy atom. The normalized spacial score (nSPS) is 14.6. The molecule has 1 saturated heterocycles. The molecule has 3 heterocycles. The molecule has 0 aliphatic carbocycles. The zero-order chi connectivity index (χ0) is 18.6. The molecule has 27 heavy (non-hydrogen) atoms. The smallest absolute Gasteiger partial charge is 0.228 e. The lowest BCUT2D eigenvalue weighted by atomic mass is 10.1. The molecule has 1 aliphatic heterocycles. The zero-order valence-electron chi connectivity index (χ0n) is 15.3. The van der Waals surface area contributed by atoms with Crippen LogP contribution < -0.4 is 10.2 Å². The second-order valence-electron chi connectivity index (χ2n) is 6.48. The quantitative estimate of drug-likeness (QED) is 0.738. The van der Waals surface area contributed by atoms with Crippen LogP contribution in [0.15, 0.2) is 40.9 Å². The summed E-state index contributed by atoms with van der Waals surface area (Å²) < 4.78 is 5.29. The van der Waals surface area contributed by atoms with E-state index in [0.29, 0.717) is 24.4 Å². The van der Waals surface area contributed by atoms with Gasteiger partial charge in [0.1, 0.15) is 11.5 Å². The Labute approximate surface area is 157 Å². The summed E-state index contributed by atoms with van der Waals surface area (Å²) in [5.74, 6) is 1.68. The monoisotopic (exact) mass is 366 g/mol. The number of fused-ring (bicyclic) bond motifs is 1. The third-order valence-corrected chi connectivity index (χ3v) is 4.74. The van der Waals surface area contributed by atoms with E-state index in [1.165, 1.54) is 0 Å². The highest BCUT2D eigenvalue weighted by molar-refractivity contribution is 5.86. The molecule has 1 aliphatic rings. The first-order valence-corrected chi connectivity index (χ1v) is 9.18. The minimum absolute atomic E-state index is 0.0716. The number of hydrogen-bond donors (Lipinski definition) is 1. The van der Waals surface area contributed by atoms with Crippen LogP contribution in [-0.4, -0.2) is 58.9 Å². The maximum atomic E-state index is 12.7. The molecule has 0 bridgehead atoms. The van der Waals surface area contributed by atoms with Crippen molar-refractivity contribution in [3.63, 3.8) is 0 Å². The Morgan fingerprint density at radius 2 is 1.93 bits per heavy atom. The predicted molar refractivity (Wildman–Crippen MR) is 103 cm³/mol. The summed E-state index contributed by atoms with van der Waals surface area (Å²) in [7, 11) is 0. The van der Waals surface area contributed by atoms with Crippen molar-refractivity contribution in [2.45, 2.75) is 13.3 Å². The van der Waals surface area contributed by atoms with Gasteiger partial charge in [0.15, 0.2) is 11.4 Å². The van der Waals surface area contributed by atoms with Gasteiger partial charge in [-0.15, -0.1) is 10.2 Å². The summed E-state index contributed by atoms with van der Waals surface area (Å²) >= 11 is 0. The Kier molecular flexibility index (Phi) is 4.86. The van der Waals surface area contributed by atoms with Crippen LogP contribution in [0.1, 0.15) is 12.6 Å². The molecule has 8 nitrogen and oxygen atoms in total. The van der Waals surface area contributed by atoms with Gasteiger partial charge in [-0.25, -0.2) is 0 Å². The van der Waals surface area contributed by atoms with Crippen LogP contribution in [0.25, 0.3) is 11.0 Å². The summed E-state index contributed by atoms with van der Waals surface area (Å²) in [4.78, 5) is 16.7. The fraction of sp³-hybridized carbons (Fsp3) is 0.368. The number of para-hydroxylation sites is 1. The lowest BCUT2D eigenvalue weighted by molar-refractivity contribution is -0.130. The van der Waals surface area contributed by atoms with Crippen molar-refractivity contribution in [2.75, 3.05) is 42.9 Å². The summed E-state index contributed by atoms with van der Waals surface area (Å²) in [6, 6.07) is 11.5. The average Bonchev–Trinajstić information content (AvgIpc) is 3.12. The van der Waals surface area contributed by atoms with Crippen molar-refractivity contribution in [3.05, 3.63) is 42.1 Å². The van der Waals surface area contributed by atoms with Crippen LogP contribution in [0.5, 0.6) is 0 Å². The molecule has 4 rings (SSSR count). The molecular weight excluding hydrogens is 344 g/mol. The maximum Gasteiger partial charge on any atom is 0.228 e. The van der Waals surface area contributed by atoms with E-state index in [4.69, 9.17) is 4.52 Å². The molecule has 1 aromatic carbocycles. The third kappa shape index (κ3) is 3.69. The fourth-order valence-electron chi connectivity index (χ4n) is 3.27. The number of nitrogens with zero attached hydrogens (tertiary/aromatic N) is 5. The molecule has 1 N–H and O–H groups in total. The molecule has 3 aromatic rings. The second kappa shape index (κ2) is 7.61. The summed E-state index contributed by atoms with van der Waals surface area (Å²) in [5, 5.41) is 16.5. The lowest BCUT2D eigenvalue weighted by Crippen LogP contribution is -2.49. The minimum atomic E-state index is 0.0716. The maximum absolute atomic E-state index is 12.7. The predicted octanol–water partition coefficient (Wildman–Crippen LogP) is 1.94. The van der Waals surface area contributed by atoms with Crippen molar-refractivity contribution in [3.8, 4) is 0 Å². The first-order valence-electron chi connectivity index (χ1n) is 9.18. The topological polar surface area (TPSA) is 87.4 Å². The molecule has 0 saturated carbocycles. The molecule has 8 heteroatoms. The van der Waals surface area contributed by atoms with Gasteiger partial charge in [-0.05, 0) is 31.2 Å². The number of carbonyl (C=O) groups excluding carboxylic acids is 1. The molecule has 0 atom stereocenters. The molecular formula is C19H22N6O2. The first-order chi connectivity index (χ1) is 13.2. The van der Waals surface area contributed by atoms with Gasteiger partial charge >= 0.3 is 0 Å². The van der Waals surface area contributed by atoms with Crippen LogP contribution in [0, 0.1) is 0 Å². The molecule has 0 spiro atoms. The number of hydrogen-bond acceptors (Lipinski definition) is 7. The van der Waals surface area contributed by atoms with Crippen molar-refractivity contribution in [1.82, 2.24) is 20.3 Å². The standard InChI is InChI=1S/C19H22N6O2/c1-2-20-17-7-8-18(22-21-17)24-9-11-25(12-10-24)19(26)13-15-14-5-3-4-6-16(14)27-23-15/h3-8H,2,9-13H2,1H3,(H,20,21). The van der Waals surface area contributed by atoms with Crippen LogP contribution in [-0.2, 0) is 11.2 Å². The second-order valence-corrected chi connectivity index (χ2v) is 6.48. The van der Waals surface area contributed by atoms with E-state index in [9.17, 15) is 4.79 Å². The van der Waals surface area contributed by atoms with Gasteiger partial charge in [-0.3, -0.25) is 4.79 Å². The Balaban J connectivity index is 1.35. The van der Waals surface area contributed by atoms with Gasteiger partial charge in [-0.1, -0.05) is 17.3 Å². The van der Waals surface area contributed by atoms with Crippen LogP contribution in [0.3, 0.4) is 0 Å². The number of benzene rings is 1. The van der Waals surface area contributed by atoms with Crippen molar-refractivity contribution >= 4 is 28.5 Å². The third-order valence-electron chi connectivity index (χ3n) is 4.74. The van der Waals surface area contributed by atoms with Crippen molar-refractivity contribution < 1.29 is 9.32 Å². The lowest BCUT2D eigenvalue weighted by Gasteiger charge is -2.35. The number of rotatable bonds is 5. The minimum Gasteiger partial charge on any atom is -0.369 e. The Bertz CT molecular complexity index is 915. The number of anilines is 2. The fourth-order valence-corrected chi connectivity index (χ4v) is 3.27. The van der Waals surface area contributed by atoms with Gasteiger partial charge in [0.2, 0.25) is 5.91 Å². The van der Waals surface area contributed by atoms with Crippen LogP contribution in [0.4, 0.5) is 11.6 Å². The number of piperazine rings is 1. The molecule has 1 fully saturated rings. The summed E-state index contributed by atoms with van der Waals surface area (Å²) in [5.41, 5.74) is 1.41. The molecule has 140 valence electrons. The van der Waals surface area contributed by atoms with E-state index in [2.05, 4.69) is 25.6 Å². The molecule has 2 aromatic heterocycles. The van der Waals surface area contributed by atoms with E-state index >= 15 is 0 Å². The van der Waals surface area contributed by atoms with Gasteiger partial charge in [-0.2, -0.15) is 0 Å². The van der Waals surface area contributed by atoms with Crippen LogP contribution in [0.2, 0.25) is 0 Å². The van der Waals surface area contributed by atoms with E-state index in [0.717, 1.165) is 36.7 Å². The summed E-state index contributed by atoms with van der Waals surface area (Å²) in [6.45, 7) is 5.63. The SMILES string of the molecule is CCNc1ccc(N2CCN(C(=O)Cc3noc4ccccc34)CC2)nn1. The van der Waals surface area contributed by atoms with Crippen molar-refractivity contribution in [1.29, 1.82) is 0 Å². The molecule has 0 radical (unpaired) electrons. The van der Waals surface area contributed by atoms with Gasteiger partial charge < -0.3 is 19.6 Å². The number of carbonyl (C=O) groups is 1. The van der Waals surface area contributed by atoms with Gasteiger partial charge in [0, 0.05) is 38.1 Å². The molecule has 0 unspecified atom stereocenters. The number of amides is 1. The van der Waals surface area contributed by atoms with E-state index < -0.39 is 0 Å². The Morgan fingerprint density at radius 1 is 1.11 bits per heavy atom. The average molecular weight is 366 g/mol. The van der Waals surface area contributed by atoms with Crippen molar-refractivity contribution in [2.24, 2.45) is 0 Å².